The molecule has 2 rings (SSSR count). The summed E-state index contributed by atoms with van der Waals surface area (Å²) in [6.07, 6.45) is 1.79. The van der Waals surface area contributed by atoms with Gasteiger partial charge < -0.3 is 10.4 Å². The molecule has 0 bridgehead atoms. The Labute approximate surface area is 114 Å². The van der Waals surface area contributed by atoms with Crippen LogP contribution in [0.5, 0.6) is 5.75 Å². The summed E-state index contributed by atoms with van der Waals surface area (Å²) >= 11 is 0. The molecule has 0 aliphatic rings. The number of aromatic nitrogens is 1. The van der Waals surface area contributed by atoms with Crippen molar-refractivity contribution in [3.05, 3.63) is 59.4 Å². The van der Waals surface area contributed by atoms with Crippen LogP contribution in [0.2, 0.25) is 0 Å². The first-order chi connectivity index (χ1) is 9.08. The Morgan fingerprint density at radius 3 is 2.53 bits per heavy atom. The maximum atomic E-state index is 9.99. The number of phenols is 1. The molecule has 19 heavy (non-hydrogen) atoms. The van der Waals surface area contributed by atoms with Gasteiger partial charge in [-0.1, -0.05) is 18.2 Å². The molecule has 100 valence electrons. The van der Waals surface area contributed by atoms with E-state index in [0.717, 1.165) is 16.8 Å². The van der Waals surface area contributed by atoms with E-state index < -0.39 is 0 Å². The van der Waals surface area contributed by atoms with E-state index in [2.05, 4.69) is 17.2 Å². The smallest absolute Gasteiger partial charge is 0.120 e. The number of hydrogen-bond donors (Lipinski definition) is 2. The fourth-order valence-electron chi connectivity index (χ4n) is 2.20. The van der Waals surface area contributed by atoms with Crippen molar-refractivity contribution in [1.29, 1.82) is 0 Å². The summed E-state index contributed by atoms with van der Waals surface area (Å²) in [6, 6.07) is 11.9. The average Bonchev–Trinajstić information content (AvgIpc) is 2.39. The lowest BCUT2D eigenvalue weighted by Gasteiger charge is -2.21. The minimum absolute atomic E-state index is 0.0672. The van der Waals surface area contributed by atoms with Crippen molar-refractivity contribution in [2.75, 3.05) is 0 Å². The second kappa shape index (κ2) is 5.85. The van der Waals surface area contributed by atoms with Gasteiger partial charge in [-0.3, -0.25) is 4.98 Å². The Hall–Kier alpha value is -1.87. The summed E-state index contributed by atoms with van der Waals surface area (Å²) in [7, 11) is 0. The minimum Gasteiger partial charge on any atom is -0.508 e. The molecule has 1 aromatic carbocycles. The number of rotatable bonds is 4. The molecule has 1 aromatic heterocycles. The maximum Gasteiger partial charge on any atom is 0.120 e. The summed E-state index contributed by atoms with van der Waals surface area (Å²) in [5.74, 6) is 0.341. The van der Waals surface area contributed by atoms with E-state index >= 15 is 0 Å². The van der Waals surface area contributed by atoms with Gasteiger partial charge in [-0.15, -0.1) is 0 Å². The standard InChI is InChI=1S/C16H20N2O/c1-11-7-8-14(16(19)10-11)12(2)18-13(3)15-6-4-5-9-17-15/h4-10,12-13,18-19H,1-3H3/t12?,13-/m1/s1. The highest BCUT2D eigenvalue weighted by Crippen LogP contribution is 2.26. The molecule has 0 amide bonds. The van der Waals surface area contributed by atoms with Crippen LogP contribution < -0.4 is 5.32 Å². The lowest BCUT2D eigenvalue weighted by molar-refractivity contribution is 0.436. The first-order valence-electron chi connectivity index (χ1n) is 6.54. The molecular formula is C16H20N2O. The molecule has 2 atom stereocenters. The van der Waals surface area contributed by atoms with Crippen LogP contribution in [0.25, 0.3) is 0 Å². The second-order valence-electron chi connectivity index (χ2n) is 4.93. The second-order valence-corrected chi connectivity index (χ2v) is 4.93. The molecule has 1 heterocycles. The van der Waals surface area contributed by atoms with Gasteiger partial charge in [-0.05, 0) is 44.5 Å². The third-order valence-electron chi connectivity index (χ3n) is 3.28. The van der Waals surface area contributed by atoms with Crippen molar-refractivity contribution in [1.82, 2.24) is 10.3 Å². The van der Waals surface area contributed by atoms with Gasteiger partial charge in [0.2, 0.25) is 0 Å². The van der Waals surface area contributed by atoms with Crippen molar-refractivity contribution < 1.29 is 5.11 Å². The van der Waals surface area contributed by atoms with Crippen LogP contribution in [-0.2, 0) is 0 Å². The normalized spacial score (nSPS) is 14.1. The molecule has 0 spiro atoms. The molecule has 0 radical (unpaired) electrons. The predicted molar refractivity (Wildman–Crippen MR) is 77.0 cm³/mol. The van der Waals surface area contributed by atoms with E-state index in [1.54, 1.807) is 12.3 Å². The van der Waals surface area contributed by atoms with Crippen LogP contribution in [0.4, 0.5) is 0 Å². The summed E-state index contributed by atoms with van der Waals surface area (Å²) in [5.41, 5.74) is 2.97. The van der Waals surface area contributed by atoms with Gasteiger partial charge in [0.15, 0.2) is 0 Å². The molecule has 3 nitrogen and oxygen atoms in total. The van der Waals surface area contributed by atoms with Crippen molar-refractivity contribution in [3.63, 3.8) is 0 Å². The van der Waals surface area contributed by atoms with Gasteiger partial charge >= 0.3 is 0 Å². The van der Waals surface area contributed by atoms with Crippen LogP contribution in [0.15, 0.2) is 42.6 Å². The van der Waals surface area contributed by atoms with E-state index in [1.165, 1.54) is 0 Å². The van der Waals surface area contributed by atoms with Gasteiger partial charge in [0.25, 0.3) is 0 Å². The number of pyridine rings is 1. The van der Waals surface area contributed by atoms with E-state index in [0.29, 0.717) is 5.75 Å². The lowest BCUT2D eigenvalue weighted by Crippen LogP contribution is -2.23. The van der Waals surface area contributed by atoms with Crippen molar-refractivity contribution in [2.24, 2.45) is 0 Å². The highest BCUT2D eigenvalue weighted by atomic mass is 16.3. The number of nitrogens with one attached hydrogen (secondary N) is 1. The van der Waals surface area contributed by atoms with Gasteiger partial charge in [-0.25, -0.2) is 0 Å². The van der Waals surface area contributed by atoms with Crippen LogP contribution in [0, 0.1) is 6.92 Å². The molecule has 2 aromatic rings. The van der Waals surface area contributed by atoms with Gasteiger partial charge in [0.1, 0.15) is 5.75 Å². The molecule has 0 aliphatic carbocycles. The number of phenolic OH excluding ortho intramolecular Hbond substituents is 1. The first-order valence-corrected chi connectivity index (χ1v) is 6.54. The van der Waals surface area contributed by atoms with Crippen LogP contribution in [0.3, 0.4) is 0 Å². The monoisotopic (exact) mass is 256 g/mol. The quantitative estimate of drug-likeness (QED) is 0.880. The van der Waals surface area contributed by atoms with E-state index in [4.69, 9.17) is 0 Å². The third kappa shape index (κ3) is 3.32. The van der Waals surface area contributed by atoms with Crippen molar-refractivity contribution in [3.8, 4) is 5.75 Å². The molecule has 0 aliphatic heterocycles. The molecule has 0 saturated heterocycles. The van der Waals surface area contributed by atoms with Gasteiger partial charge in [-0.2, -0.15) is 0 Å². The minimum atomic E-state index is 0.0672. The maximum absolute atomic E-state index is 9.99. The Bertz CT molecular complexity index is 540. The molecule has 1 unspecified atom stereocenters. The Morgan fingerprint density at radius 2 is 1.89 bits per heavy atom. The van der Waals surface area contributed by atoms with E-state index in [1.807, 2.05) is 44.2 Å². The summed E-state index contributed by atoms with van der Waals surface area (Å²) in [6.45, 7) is 6.09. The average molecular weight is 256 g/mol. The number of aryl methyl sites for hydroxylation is 1. The predicted octanol–water partition coefficient (Wildman–Crippen LogP) is 3.51. The summed E-state index contributed by atoms with van der Waals surface area (Å²) in [5, 5.41) is 13.4. The molecule has 0 saturated carbocycles. The molecular weight excluding hydrogens is 236 g/mol. The molecule has 2 N–H and O–H groups in total. The zero-order valence-electron chi connectivity index (χ0n) is 11.6. The summed E-state index contributed by atoms with van der Waals surface area (Å²) in [4.78, 5) is 4.34. The first kappa shape index (κ1) is 13.6. The molecule has 0 fully saturated rings. The van der Waals surface area contributed by atoms with Crippen molar-refractivity contribution >= 4 is 0 Å². The highest BCUT2D eigenvalue weighted by molar-refractivity contribution is 5.37. The van der Waals surface area contributed by atoms with Gasteiger partial charge in [0.05, 0.1) is 5.69 Å². The van der Waals surface area contributed by atoms with Gasteiger partial charge in [0, 0.05) is 23.8 Å². The fraction of sp³-hybridized carbons (Fsp3) is 0.312. The van der Waals surface area contributed by atoms with E-state index in [9.17, 15) is 5.11 Å². The zero-order chi connectivity index (χ0) is 13.8. The van der Waals surface area contributed by atoms with Crippen LogP contribution in [0.1, 0.15) is 42.8 Å². The Balaban J connectivity index is 2.10. The SMILES string of the molecule is Cc1ccc(C(C)N[C@H](C)c2ccccn2)c(O)c1. The highest BCUT2D eigenvalue weighted by Gasteiger charge is 2.14. The topological polar surface area (TPSA) is 45.2 Å². The summed E-state index contributed by atoms with van der Waals surface area (Å²) < 4.78 is 0. The van der Waals surface area contributed by atoms with Crippen LogP contribution in [-0.4, -0.2) is 10.1 Å². The number of hydrogen-bond acceptors (Lipinski definition) is 3. The van der Waals surface area contributed by atoms with E-state index in [-0.39, 0.29) is 12.1 Å². The largest absolute Gasteiger partial charge is 0.508 e. The number of benzene rings is 1. The number of nitrogens with zero attached hydrogens (tertiary/aromatic N) is 1. The zero-order valence-corrected chi connectivity index (χ0v) is 11.6. The molecule has 3 heteroatoms. The van der Waals surface area contributed by atoms with Crippen molar-refractivity contribution in [2.45, 2.75) is 32.9 Å². The number of aromatic hydroxyl groups is 1. The van der Waals surface area contributed by atoms with Crippen LogP contribution >= 0.6 is 0 Å². The third-order valence-corrected chi connectivity index (χ3v) is 3.28. The lowest BCUT2D eigenvalue weighted by atomic mass is 10.0. The Kier molecular flexibility index (Phi) is 4.17. The fourth-order valence-corrected chi connectivity index (χ4v) is 2.20. The Morgan fingerprint density at radius 1 is 1.11 bits per heavy atom.